The maximum absolute atomic E-state index is 11.8. The molecule has 2 N–H and O–H groups in total. The third kappa shape index (κ3) is 5.50. The van der Waals surface area contributed by atoms with E-state index in [9.17, 15) is 4.79 Å². The number of nitrogens with zero attached hydrogens (tertiary/aromatic N) is 1. The third-order valence-corrected chi connectivity index (χ3v) is 3.35. The van der Waals surface area contributed by atoms with Crippen LogP contribution >= 0.6 is 0 Å². The number of carbonyl (C=O) groups excluding carboxylic acids is 1. The maximum atomic E-state index is 11.8. The van der Waals surface area contributed by atoms with Gasteiger partial charge in [0, 0.05) is 26.2 Å². The predicted octanol–water partition coefficient (Wildman–Crippen LogP) is 0.997. The van der Waals surface area contributed by atoms with Crippen molar-refractivity contribution in [2.75, 3.05) is 32.8 Å². The minimum atomic E-state index is 0.147. The lowest BCUT2D eigenvalue weighted by atomic mass is 9.88. The van der Waals surface area contributed by atoms with Gasteiger partial charge in [-0.05, 0) is 31.1 Å². The number of amides is 1. The van der Waals surface area contributed by atoms with Gasteiger partial charge in [0.1, 0.15) is 0 Å². The molecular formula is C13H26N2O2. The van der Waals surface area contributed by atoms with E-state index in [0.29, 0.717) is 6.54 Å². The number of hydrogen-bond donors (Lipinski definition) is 2. The summed E-state index contributed by atoms with van der Waals surface area (Å²) in [5, 5.41) is 12.0. The van der Waals surface area contributed by atoms with E-state index in [1.54, 1.807) is 0 Å². The Morgan fingerprint density at radius 3 is 2.59 bits per heavy atom. The zero-order chi connectivity index (χ0) is 12.7. The second kappa shape index (κ2) is 6.97. The average molecular weight is 242 g/mol. The van der Waals surface area contributed by atoms with E-state index in [-0.39, 0.29) is 17.9 Å². The van der Waals surface area contributed by atoms with Gasteiger partial charge in [0.2, 0.25) is 5.91 Å². The van der Waals surface area contributed by atoms with Gasteiger partial charge in [-0.15, -0.1) is 0 Å². The molecule has 4 nitrogen and oxygen atoms in total. The van der Waals surface area contributed by atoms with Crippen LogP contribution in [0.1, 0.15) is 39.5 Å². The minimum Gasteiger partial charge on any atom is -0.396 e. The number of rotatable bonds is 7. The molecule has 0 bridgehead atoms. The lowest BCUT2D eigenvalue weighted by Crippen LogP contribution is -2.39. The fraction of sp³-hybridized carbons (Fsp3) is 0.923. The quantitative estimate of drug-likeness (QED) is 0.700. The first-order valence-electron chi connectivity index (χ1n) is 6.64. The second-order valence-corrected chi connectivity index (χ2v) is 5.68. The van der Waals surface area contributed by atoms with Gasteiger partial charge in [-0.25, -0.2) is 0 Å². The fourth-order valence-corrected chi connectivity index (χ4v) is 2.23. The molecule has 1 fully saturated rings. The monoisotopic (exact) mass is 242 g/mol. The Morgan fingerprint density at radius 2 is 2.00 bits per heavy atom. The molecule has 1 saturated heterocycles. The summed E-state index contributed by atoms with van der Waals surface area (Å²) in [4.78, 5) is 13.7. The van der Waals surface area contributed by atoms with Crippen LogP contribution in [0.2, 0.25) is 0 Å². The van der Waals surface area contributed by atoms with Crippen LogP contribution in [0, 0.1) is 5.41 Å². The first-order valence-corrected chi connectivity index (χ1v) is 6.64. The van der Waals surface area contributed by atoms with E-state index in [4.69, 9.17) is 5.11 Å². The number of aliphatic hydroxyl groups excluding tert-OH is 1. The maximum Gasteiger partial charge on any atom is 0.236 e. The zero-order valence-corrected chi connectivity index (χ0v) is 11.2. The summed E-state index contributed by atoms with van der Waals surface area (Å²) >= 11 is 0. The molecule has 17 heavy (non-hydrogen) atoms. The van der Waals surface area contributed by atoms with Gasteiger partial charge >= 0.3 is 0 Å². The van der Waals surface area contributed by atoms with Crippen LogP contribution in [-0.2, 0) is 4.79 Å². The highest BCUT2D eigenvalue weighted by molar-refractivity contribution is 5.78. The summed E-state index contributed by atoms with van der Waals surface area (Å²) in [6.45, 7) is 7.69. The summed E-state index contributed by atoms with van der Waals surface area (Å²) in [6.07, 6.45) is 4.10. The number of hydrogen-bond acceptors (Lipinski definition) is 3. The molecule has 0 radical (unpaired) electrons. The van der Waals surface area contributed by atoms with E-state index in [0.717, 1.165) is 45.3 Å². The van der Waals surface area contributed by atoms with Gasteiger partial charge in [-0.2, -0.15) is 0 Å². The zero-order valence-electron chi connectivity index (χ0n) is 11.2. The summed E-state index contributed by atoms with van der Waals surface area (Å²) in [6, 6.07) is 0. The lowest BCUT2D eigenvalue weighted by molar-refractivity contribution is -0.129. The molecular weight excluding hydrogens is 216 g/mol. The molecule has 1 amide bonds. The van der Waals surface area contributed by atoms with Crippen LogP contribution in [0.15, 0.2) is 0 Å². The lowest BCUT2D eigenvalue weighted by Gasteiger charge is -2.25. The molecule has 1 aliphatic rings. The van der Waals surface area contributed by atoms with Crippen molar-refractivity contribution in [2.45, 2.75) is 39.5 Å². The molecule has 0 spiro atoms. The Hall–Kier alpha value is -0.610. The van der Waals surface area contributed by atoms with E-state index >= 15 is 0 Å². The smallest absolute Gasteiger partial charge is 0.236 e. The molecule has 0 saturated carbocycles. The SMILES string of the molecule is CC(C)(CCCO)CNCC(=O)N1CCCC1. The van der Waals surface area contributed by atoms with E-state index in [1.165, 1.54) is 0 Å². The van der Waals surface area contributed by atoms with Crippen LogP contribution in [-0.4, -0.2) is 48.7 Å². The molecule has 1 aliphatic heterocycles. The highest BCUT2D eigenvalue weighted by Gasteiger charge is 2.20. The van der Waals surface area contributed by atoms with Crippen LogP contribution in [0.4, 0.5) is 0 Å². The van der Waals surface area contributed by atoms with Crippen LogP contribution in [0.25, 0.3) is 0 Å². The van der Waals surface area contributed by atoms with Gasteiger partial charge in [-0.3, -0.25) is 4.79 Å². The highest BCUT2D eigenvalue weighted by atomic mass is 16.2. The molecule has 1 heterocycles. The number of nitrogens with one attached hydrogen (secondary N) is 1. The van der Waals surface area contributed by atoms with Crippen LogP contribution in [0.5, 0.6) is 0 Å². The predicted molar refractivity (Wildman–Crippen MR) is 68.8 cm³/mol. The molecule has 1 rings (SSSR count). The molecule has 0 unspecified atom stereocenters. The van der Waals surface area contributed by atoms with Crippen molar-refractivity contribution in [3.8, 4) is 0 Å². The first kappa shape index (κ1) is 14.5. The molecule has 4 heteroatoms. The second-order valence-electron chi connectivity index (χ2n) is 5.68. The van der Waals surface area contributed by atoms with Crippen molar-refractivity contribution >= 4 is 5.91 Å². The van der Waals surface area contributed by atoms with Crippen molar-refractivity contribution in [3.05, 3.63) is 0 Å². The minimum absolute atomic E-state index is 0.147. The van der Waals surface area contributed by atoms with E-state index in [2.05, 4.69) is 19.2 Å². The topological polar surface area (TPSA) is 52.6 Å². The molecule has 0 aromatic carbocycles. The van der Waals surface area contributed by atoms with Crippen molar-refractivity contribution in [3.63, 3.8) is 0 Å². The summed E-state index contributed by atoms with van der Waals surface area (Å²) in [5.74, 6) is 0.223. The summed E-state index contributed by atoms with van der Waals surface area (Å²) in [5.41, 5.74) is 0.147. The van der Waals surface area contributed by atoms with Gasteiger partial charge in [0.25, 0.3) is 0 Å². The van der Waals surface area contributed by atoms with E-state index in [1.807, 2.05) is 4.90 Å². The van der Waals surface area contributed by atoms with Crippen molar-refractivity contribution in [1.82, 2.24) is 10.2 Å². The van der Waals surface area contributed by atoms with Gasteiger partial charge < -0.3 is 15.3 Å². The Morgan fingerprint density at radius 1 is 1.35 bits per heavy atom. The summed E-state index contributed by atoms with van der Waals surface area (Å²) < 4.78 is 0. The van der Waals surface area contributed by atoms with Gasteiger partial charge in [-0.1, -0.05) is 13.8 Å². The van der Waals surface area contributed by atoms with Crippen molar-refractivity contribution in [1.29, 1.82) is 0 Å². The van der Waals surface area contributed by atoms with Crippen LogP contribution in [0.3, 0.4) is 0 Å². The summed E-state index contributed by atoms with van der Waals surface area (Å²) in [7, 11) is 0. The van der Waals surface area contributed by atoms with Gasteiger partial charge in [0.15, 0.2) is 0 Å². The largest absolute Gasteiger partial charge is 0.396 e. The first-order chi connectivity index (χ1) is 8.05. The Bertz CT molecular complexity index is 236. The molecule has 0 atom stereocenters. The Labute approximate surface area is 104 Å². The Balaban J connectivity index is 2.15. The van der Waals surface area contributed by atoms with Crippen molar-refractivity contribution < 1.29 is 9.90 Å². The highest BCUT2D eigenvalue weighted by Crippen LogP contribution is 2.20. The van der Waals surface area contributed by atoms with E-state index < -0.39 is 0 Å². The van der Waals surface area contributed by atoms with Gasteiger partial charge in [0.05, 0.1) is 6.54 Å². The molecule has 100 valence electrons. The normalized spacial score (nSPS) is 16.5. The van der Waals surface area contributed by atoms with Crippen LogP contribution < -0.4 is 5.32 Å². The van der Waals surface area contributed by atoms with Crippen molar-refractivity contribution in [2.24, 2.45) is 5.41 Å². The third-order valence-electron chi connectivity index (χ3n) is 3.35. The number of likely N-dealkylation sites (tertiary alicyclic amines) is 1. The number of aliphatic hydroxyl groups is 1. The standard InChI is InChI=1S/C13H26N2O2/c1-13(2,6-5-9-16)11-14-10-12(17)15-7-3-4-8-15/h14,16H,3-11H2,1-2H3. The number of carbonyl (C=O) groups is 1. The molecule has 0 aliphatic carbocycles. The molecule has 0 aromatic heterocycles. The Kier molecular flexibility index (Phi) is 5.92. The fourth-order valence-electron chi connectivity index (χ4n) is 2.23. The average Bonchev–Trinajstić information content (AvgIpc) is 2.79. The molecule has 0 aromatic rings.